The van der Waals surface area contributed by atoms with E-state index in [1.807, 2.05) is 0 Å². The lowest BCUT2D eigenvalue weighted by molar-refractivity contribution is -0.0161. The molecule has 0 heterocycles. The molecule has 0 radical (unpaired) electrons. The van der Waals surface area contributed by atoms with E-state index in [4.69, 9.17) is 5.73 Å². The highest BCUT2D eigenvalue weighted by Crippen LogP contribution is 2.32. The summed E-state index contributed by atoms with van der Waals surface area (Å²) in [5, 5.41) is 13.8. The van der Waals surface area contributed by atoms with Crippen molar-refractivity contribution in [1.29, 1.82) is 0 Å². The topological polar surface area (TPSA) is 58.3 Å². The molecule has 88 valence electrons. The number of nitrogens with one attached hydrogen (secondary N) is 1. The first-order chi connectivity index (χ1) is 7.07. The zero-order valence-electron chi connectivity index (χ0n) is 9.71. The average molecular weight is 212 g/mol. The molecule has 0 aliphatic heterocycles. The minimum atomic E-state index is -0.447. The summed E-state index contributed by atoms with van der Waals surface area (Å²) in [5.74, 6) is 0.675. The first-order valence-electron chi connectivity index (χ1n) is 6.29. The predicted octanol–water partition coefficient (Wildman–Crippen LogP) is 1.01. The first kappa shape index (κ1) is 11.4. The van der Waals surface area contributed by atoms with Gasteiger partial charge in [-0.25, -0.2) is 0 Å². The molecule has 3 nitrogen and oxygen atoms in total. The van der Waals surface area contributed by atoms with Gasteiger partial charge in [0.2, 0.25) is 0 Å². The third kappa shape index (κ3) is 2.92. The van der Waals surface area contributed by atoms with E-state index in [-0.39, 0.29) is 0 Å². The minimum absolute atomic E-state index is 0.391. The van der Waals surface area contributed by atoms with Gasteiger partial charge in [0.25, 0.3) is 0 Å². The Bertz CT molecular complexity index is 216. The molecule has 0 amide bonds. The zero-order valence-corrected chi connectivity index (χ0v) is 9.71. The Morgan fingerprint density at radius 1 is 1.47 bits per heavy atom. The van der Waals surface area contributed by atoms with E-state index in [0.29, 0.717) is 18.0 Å². The van der Waals surface area contributed by atoms with Gasteiger partial charge in [0, 0.05) is 18.6 Å². The van der Waals surface area contributed by atoms with E-state index in [9.17, 15) is 5.11 Å². The molecule has 4 N–H and O–H groups in total. The molecular weight excluding hydrogens is 188 g/mol. The van der Waals surface area contributed by atoms with Gasteiger partial charge in [-0.1, -0.05) is 19.8 Å². The Kier molecular flexibility index (Phi) is 3.33. The van der Waals surface area contributed by atoms with Gasteiger partial charge in [-0.15, -0.1) is 0 Å². The fraction of sp³-hybridized carbons (Fsp3) is 1.00. The summed E-state index contributed by atoms with van der Waals surface area (Å²) in [4.78, 5) is 0. The second kappa shape index (κ2) is 4.40. The van der Waals surface area contributed by atoms with Gasteiger partial charge < -0.3 is 16.2 Å². The van der Waals surface area contributed by atoms with E-state index in [1.54, 1.807) is 0 Å². The van der Waals surface area contributed by atoms with Crippen molar-refractivity contribution in [2.45, 2.75) is 63.1 Å². The maximum Gasteiger partial charge on any atom is 0.0774 e. The Hall–Kier alpha value is -0.120. The summed E-state index contributed by atoms with van der Waals surface area (Å²) < 4.78 is 0. The summed E-state index contributed by atoms with van der Waals surface area (Å²) in [6.45, 7) is 3.00. The van der Waals surface area contributed by atoms with Crippen molar-refractivity contribution in [1.82, 2.24) is 5.32 Å². The molecule has 0 saturated heterocycles. The van der Waals surface area contributed by atoms with Crippen LogP contribution in [0, 0.1) is 5.92 Å². The molecule has 3 heteroatoms. The van der Waals surface area contributed by atoms with Crippen LogP contribution in [-0.4, -0.2) is 29.3 Å². The fourth-order valence-corrected chi connectivity index (χ4v) is 2.96. The SMILES string of the molecule is CC1CCCC(O)(CNC2CC(N)C2)C1. The highest BCUT2D eigenvalue weighted by atomic mass is 16.3. The van der Waals surface area contributed by atoms with Crippen molar-refractivity contribution in [3.05, 3.63) is 0 Å². The molecule has 0 bridgehead atoms. The van der Waals surface area contributed by atoms with Crippen LogP contribution in [0.4, 0.5) is 0 Å². The van der Waals surface area contributed by atoms with Gasteiger partial charge in [0.15, 0.2) is 0 Å². The summed E-state index contributed by atoms with van der Waals surface area (Å²) in [6.07, 6.45) is 6.51. The van der Waals surface area contributed by atoms with Gasteiger partial charge in [-0.3, -0.25) is 0 Å². The number of rotatable bonds is 3. The smallest absolute Gasteiger partial charge is 0.0774 e. The molecular formula is C12H24N2O. The van der Waals surface area contributed by atoms with Gasteiger partial charge in [0.1, 0.15) is 0 Å². The van der Waals surface area contributed by atoms with E-state index in [2.05, 4.69) is 12.2 Å². The molecule has 0 aromatic heterocycles. The third-order valence-corrected chi connectivity index (χ3v) is 3.96. The Balaban J connectivity index is 1.72. The normalized spacial score (nSPS) is 46.2. The van der Waals surface area contributed by atoms with Crippen molar-refractivity contribution in [2.75, 3.05) is 6.54 Å². The maximum atomic E-state index is 10.4. The standard InChI is InChI=1S/C12H24N2O/c1-9-3-2-4-12(15,7-9)8-14-11-5-10(13)6-11/h9-11,14-15H,2-8,13H2,1H3. The van der Waals surface area contributed by atoms with Crippen molar-refractivity contribution < 1.29 is 5.11 Å². The predicted molar refractivity (Wildman–Crippen MR) is 61.6 cm³/mol. The lowest BCUT2D eigenvalue weighted by atomic mass is 9.78. The van der Waals surface area contributed by atoms with Gasteiger partial charge >= 0.3 is 0 Å². The van der Waals surface area contributed by atoms with Crippen LogP contribution in [0.2, 0.25) is 0 Å². The summed E-state index contributed by atoms with van der Waals surface area (Å²) in [6, 6.07) is 0.948. The molecule has 2 rings (SSSR count). The molecule has 2 atom stereocenters. The number of aliphatic hydroxyl groups is 1. The highest BCUT2D eigenvalue weighted by Gasteiger charge is 2.34. The molecule has 0 aromatic carbocycles. The van der Waals surface area contributed by atoms with Crippen molar-refractivity contribution in [3.8, 4) is 0 Å². The molecule has 2 saturated carbocycles. The Morgan fingerprint density at radius 3 is 2.80 bits per heavy atom. The van der Waals surface area contributed by atoms with Crippen LogP contribution in [0.15, 0.2) is 0 Å². The number of hydrogen-bond acceptors (Lipinski definition) is 3. The van der Waals surface area contributed by atoms with Gasteiger partial charge in [-0.2, -0.15) is 0 Å². The second-order valence-electron chi connectivity index (χ2n) is 5.74. The largest absolute Gasteiger partial charge is 0.389 e. The molecule has 2 fully saturated rings. The molecule has 2 aliphatic rings. The number of hydrogen-bond donors (Lipinski definition) is 3. The van der Waals surface area contributed by atoms with Crippen LogP contribution in [0.1, 0.15) is 45.4 Å². The van der Waals surface area contributed by atoms with E-state index < -0.39 is 5.60 Å². The Labute approximate surface area is 92.4 Å². The molecule has 0 aromatic rings. The average Bonchev–Trinajstić information content (AvgIpc) is 2.10. The van der Waals surface area contributed by atoms with Crippen LogP contribution in [0.25, 0.3) is 0 Å². The fourth-order valence-electron chi connectivity index (χ4n) is 2.96. The summed E-state index contributed by atoms with van der Waals surface area (Å²) in [5.41, 5.74) is 5.28. The highest BCUT2D eigenvalue weighted by molar-refractivity contribution is 4.92. The number of nitrogens with two attached hydrogens (primary N) is 1. The van der Waals surface area contributed by atoms with Crippen molar-refractivity contribution in [2.24, 2.45) is 11.7 Å². The molecule has 2 unspecified atom stereocenters. The Morgan fingerprint density at radius 2 is 2.20 bits per heavy atom. The first-order valence-corrected chi connectivity index (χ1v) is 6.29. The van der Waals surface area contributed by atoms with Crippen molar-refractivity contribution >= 4 is 0 Å². The summed E-state index contributed by atoms with van der Waals surface area (Å²) >= 11 is 0. The van der Waals surface area contributed by atoms with Crippen LogP contribution in [0.5, 0.6) is 0 Å². The monoisotopic (exact) mass is 212 g/mol. The van der Waals surface area contributed by atoms with Crippen LogP contribution < -0.4 is 11.1 Å². The lowest BCUT2D eigenvalue weighted by Gasteiger charge is -2.40. The second-order valence-corrected chi connectivity index (χ2v) is 5.74. The minimum Gasteiger partial charge on any atom is -0.389 e. The lowest BCUT2D eigenvalue weighted by Crippen LogP contribution is -2.53. The van der Waals surface area contributed by atoms with Crippen LogP contribution in [-0.2, 0) is 0 Å². The maximum absolute atomic E-state index is 10.4. The van der Waals surface area contributed by atoms with E-state index in [1.165, 1.54) is 12.8 Å². The zero-order chi connectivity index (χ0) is 10.9. The van der Waals surface area contributed by atoms with E-state index >= 15 is 0 Å². The molecule has 15 heavy (non-hydrogen) atoms. The molecule has 2 aliphatic carbocycles. The van der Waals surface area contributed by atoms with Gasteiger partial charge in [0.05, 0.1) is 5.60 Å². The van der Waals surface area contributed by atoms with Crippen LogP contribution in [0.3, 0.4) is 0 Å². The van der Waals surface area contributed by atoms with Gasteiger partial charge in [-0.05, 0) is 31.6 Å². The third-order valence-electron chi connectivity index (χ3n) is 3.96. The van der Waals surface area contributed by atoms with Crippen LogP contribution >= 0.6 is 0 Å². The van der Waals surface area contributed by atoms with E-state index in [0.717, 1.165) is 32.2 Å². The summed E-state index contributed by atoms with van der Waals surface area (Å²) in [7, 11) is 0. The quantitative estimate of drug-likeness (QED) is 0.654. The molecule has 0 spiro atoms. The van der Waals surface area contributed by atoms with Crippen molar-refractivity contribution in [3.63, 3.8) is 0 Å².